The summed E-state index contributed by atoms with van der Waals surface area (Å²) in [4.78, 5) is 15.1. The second kappa shape index (κ2) is 6.84. The molecule has 2 aliphatic rings. The van der Waals surface area contributed by atoms with Gasteiger partial charge in [-0.3, -0.25) is 0 Å². The van der Waals surface area contributed by atoms with Gasteiger partial charge in [-0.05, 0) is 31.4 Å². The van der Waals surface area contributed by atoms with E-state index in [1.165, 1.54) is 0 Å². The third kappa shape index (κ3) is 3.51. The van der Waals surface area contributed by atoms with Gasteiger partial charge in [-0.25, -0.2) is 15.0 Å². The highest BCUT2D eigenvalue weighted by Gasteiger charge is 2.43. The lowest BCUT2D eigenvalue weighted by atomic mass is 9.87. The molecule has 2 aromatic rings. The molecule has 7 nitrogen and oxygen atoms in total. The van der Waals surface area contributed by atoms with E-state index in [0.29, 0.717) is 11.9 Å². The van der Waals surface area contributed by atoms with Crippen molar-refractivity contribution in [2.24, 2.45) is 0 Å². The van der Waals surface area contributed by atoms with Gasteiger partial charge in [0.15, 0.2) is 0 Å². The summed E-state index contributed by atoms with van der Waals surface area (Å²) >= 11 is 0. The van der Waals surface area contributed by atoms with Crippen molar-refractivity contribution < 1.29 is 9.47 Å². The van der Waals surface area contributed by atoms with E-state index < -0.39 is 0 Å². The Bertz CT molecular complexity index is 704. The Morgan fingerprint density at radius 1 is 1.24 bits per heavy atom. The van der Waals surface area contributed by atoms with Crippen LogP contribution in [0.4, 0.5) is 11.6 Å². The summed E-state index contributed by atoms with van der Waals surface area (Å²) in [7, 11) is 1.62. The maximum Gasteiger partial charge on any atom is 0.218 e. The number of pyridine rings is 1. The SMILES string of the molecule is COc1cc(N2CCC3(CC2)CC(Nc2ccccn2)CO3)ncn1. The molecule has 0 aromatic carbocycles. The van der Waals surface area contributed by atoms with Crippen LogP contribution in [0.5, 0.6) is 5.88 Å². The Labute approximate surface area is 147 Å². The van der Waals surface area contributed by atoms with Crippen molar-refractivity contribution in [3.63, 3.8) is 0 Å². The first kappa shape index (κ1) is 16.1. The Morgan fingerprint density at radius 3 is 2.88 bits per heavy atom. The van der Waals surface area contributed by atoms with Crippen LogP contribution in [-0.2, 0) is 4.74 Å². The number of piperidine rings is 1. The van der Waals surface area contributed by atoms with Crippen LogP contribution in [-0.4, -0.2) is 53.4 Å². The number of nitrogens with zero attached hydrogens (tertiary/aromatic N) is 4. The molecule has 2 aliphatic heterocycles. The monoisotopic (exact) mass is 341 g/mol. The van der Waals surface area contributed by atoms with Crippen LogP contribution in [0.25, 0.3) is 0 Å². The molecule has 0 amide bonds. The predicted octanol–water partition coefficient (Wildman–Crippen LogP) is 2.12. The molecule has 0 aliphatic carbocycles. The van der Waals surface area contributed by atoms with Gasteiger partial charge in [-0.1, -0.05) is 6.07 Å². The molecule has 2 fully saturated rings. The highest BCUT2D eigenvalue weighted by molar-refractivity contribution is 5.41. The summed E-state index contributed by atoms with van der Waals surface area (Å²) in [5, 5.41) is 3.48. The summed E-state index contributed by atoms with van der Waals surface area (Å²) in [6.07, 6.45) is 6.38. The molecule has 2 saturated heterocycles. The van der Waals surface area contributed by atoms with E-state index in [1.54, 1.807) is 13.4 Å². The van der Waals surface area contributed by atoms with Crippen molar-refractivity contribution in [3.8, 4) is 5.88 Å². The largest absolute Gasteiger partial charge is 0.481 e. The van der Waals surface area contributed by atoms with Gasteiger partial charge in [0.2, 0.25) is 5.88 Å². The van der Waals surface area contributed by atoms with Gasteiger partial charge >= 0.3 is 0 Å². The van der Waals surface area contributed by atoms with Crippen LogP contribution in [0, 0.1) is 0 Å². The van der Waals surface area contributed by atoms with Crippen LogP contribution in [0.1, 0.15) is 19.3 Å². The Hall–Kier alpha value is -2.41. The minimum absolute atomic E-state index is 0.0277. The first-order valence-electron chi connectivity index (χ1n) is 8.69. The van der Waals surface area contributed by atoms with E-state index in [4.69, 9.17) is 9.47 Å². The maximum absolute atomic E-state index is 6.22. The molecule has 1 spiro atoms. The van der Waals surface area contributed by atoms with E-state index in [-0.39, 0.29) is 5.60 Å². The molecule has 0 bridgehead atoms. The first-order chi connectivity index (χ1) is 12.3. The molecule has 25 heavy (non-hydrogen) atoms. The van der Waals surface area contributed by atoms with E-state index in [9.17, 15) is 0 Å². The Balaban J connectivity index is 1.35. The molecule has 1 N–H and O–H groups in total. The number of anilines is 2. The van der Waals surface area contributed by atoms with Gasteiger partial charge in [-0.2, -0.15) is 0 Å². The zero-order valence-electron chi connectivity index (χ0n) is 14.4. The zero-order chi connectivity index (χ0) is 17.1. The minimum atomic E-state index is -0.0277. The van der Waals surface area contributed by atoms with Crippen molar-refractivity contribution in [3.05, 3.63) is 36.8 Å². The van der Waals surface area contributed by atoms with Crippen molar-refractivity contribution in [1.29, 1.82) is 0 Å². The lowest BCUT2D eigenvalue weighted by molar-refractivity contribution is -0.0148. The molecular formula is C18H23N5O2. The van der Waals surface area contributed by atoms with E-state index >= 15 is 0 Å². The van der Waals surface area contributed by atoms with Gasteiger partial charge in [0.1, 0.15) is 18.0 Å². The number of methoxy groups -OCH3 is 1. The first-order valence-corrected chi connectivity index (χ1v) is 8.69. The number of hydrogen-bond donors (Lipinski definition) is 1. The average Bonchev–Trinajstić information content (AvgIpc) is 3.05. The zero-order valence-corrected chi connectivity index (χ0v) is 14.4. The number of nitrogens with one attached hydrogen (secondary N) is 1. The Morgan fingerprint density at radius 2 is 2.12 bits per heavy atom. The van der Waals surface area contributed by atoms with Gasteiger partial charge in [0, 0.05) is 25.4 Å². The fraction of sp³-hybridized carbons (Fsp3) is 0.500. The predicted molar refractivity (Wildman–Crippen MR) is 95.0 cm³/mol. The van der Waals surface area contributed by atoms with Crippen LogP contribution < -0.4 is 15.0 Å². The maximum atomic E-state index is 6.22. The van der Waals surface area contributed by atoms with E-state index in [1.807, 2.05) is 30.5 Å². The normalized spacial score (nSPS) is 22.1. The van der Waals surface area contributed by atoms with Crippen molar-refractivity contribution in [2.75, 3.05) is 37.0 Å². The lowest BCUT2D eigenvalue weighted by Gasteiger charge is -2.39. The van der Waals surface area contributed by atoms with Crippen molar-refractivity contribution in [2.45, 2.75) is 30.9 Å². The van der Waals surface area contributed by atoms with Crippen LogP contribution >= 0.6 is 0 Å². The van der Waals surface area contributed by atoms with Crippen LogP contribution in [0.15, 0.2) is 36.8 Å². The summed E-state index contributed by atoms with van der Waals surface area (Å²) < 4.78 is 11.4. The molecule has 4 heterocycles. The van der Waals surface area contributed by atoms with Crippen molar-refractivity contribution in [1.82, 2.24) is 15.0 Å². The fourth-order valence-electron chi connectivity index (χ4n) is 3.70. The molecular weight excluding hydrogens is 318 g/mol. The lowest BCUT2D eigenvalue weighted by Crippen LogP contribution is -2.44. The molecule has 1 atom stereocenters. The quantitative estimate of drug-likeness (QED) is 0.913. The smallest absolute Gasteiger partial charge is 0.218 e. The third-order valence-corrected chi connectivity index (χ3v) is 5.06. The number of rotatable bonds is 4. The summed E-state index contributed by atoms with van der Waals surface area (Å²) in [5.74, 6) is 2.43. The number of aromatic nitrogens is 3. The van der Waals surface area contributed by atoms with Crippen molar-refractivity contribution >= 4 is 11.6 Å². The number of hydrogen-bond acceptors (Lipinski definition) is 7. The van der Waals surface area contributed by atoms with Gasteiger partial charge < -0.3 is 19.7 Å². The third-order valence-electron chi connectivity index (χ3n) is 5.06. The van der Waals surface area contributed by atoms with E-state index in [0.717, 1.165) is 50.6 Å². The average molecular weight is 341 g/mol. The van der Waals surface area contributed by atoms with Crippen LogP contribution in [0.2, 0.25) is 0 Å². The molecule has 0 saturated carbocycles. The summed E-state index contributed by atoms with van der Waals surface area (Å²) in [6, 6.07) is 8.13. The highest BCUT2D eigenvalue weighted by atomic mass is 16.5. The molecule has 132 valence electrons. The summed E-state index contributed by atoms with van der Waals surface area (Å²) in [5.41, 5.74) is -0.0277. The molecule has 2 aromatic heterocycles. The van der Waals surface area contributed by atoms with Crippen LogP contribution in [0.3, 0.4) is 0 Å². The standard InChI is InChI=1S/C18H23N5O2/c1-24-17-10-16(20-13-21-17)23-8-5-18(6-9-23)11-14(12-25-18)22-15-4-2-3-7-19-15/h2-4,7,10,13-14H,5-6,8-9,11-12H2,1H3,(H,19,22). The fourth-order valence-corrected chi connectivity index (χ4v) is 3.70. The minimum Gasteiger partial charge on any atom is -0.481 e. The summed E-state index contributed by atoms with van der Waals surface area (Å²) in [6.45, 7) is 2.59. The number of ether oxygens (including phenoxy) is 2. The highest BCUT2D eigenvalue weighted by Crippen LogP contribution is 2.37. The van der Waals surface area contributed by atoms with Gasteiger partial charge in [-0.15, -0.1) is 0 Å². The molecule has 0 radical (unpaired) electrons. The second-order valence-corrected chi connectivity index (χ2v) is 6.66. The molecule has 4 rings (SSSR count). The second-order valence-electron chi connectivity index (χ2n) is 6.66. The molecule has 1 unspecified atom stereocenters. The molecule has 7 heteroatoms. The van der Waals surface area contributed by atoms with Gasteiger partial charge in [0.05, 0.1) is 25.4 Å². The topological polar surface area (TPSA) is 72.4 Å². The van der Waals surface area contributed by atoms with E-state index in [2.05, 4.69) is 25.2 Å². The van der Waals surface area contributed by atoms with Gasteiger partial charge in [0.25, 0.3) is 0 Å². The Kier molecular flexibility index (Phi) is 4.40.